The number of halogens is 2. The van der Waals surface area contributed by atoms with Crippen molar-refractivity contribution in [1.29, 1.82) is 0 Å². The molecule has 9 heavy (non-hydrogen) atoms. The Hall–Kier alpha value is 0.170. The third kappa shape index (κ3) is 4.66. The number of hydrogen-bond acceptors (Lipinski definition) is 1. The van der Waals surface area contributed by atoms with Gasteiger partial charge in [0.05, 0.1) is 0 Å². The first kappa shape index (κ1) is 9.17. The Bertz CT molecular complexity index is 77.4. The second kappa shape index (κ2) is 4.06. The molecular formula is C5H12F2OS. The summed E-state index contributed by atoms with van der Waals surface area (Å²) in [6, 6.07) is 0. The lowest BCUT2D eigenvalue weighted by Gasteiger charge is -2.13. The Morgan fingerprint density at radius 1 is 1.44 bits per heavy atom. The topological polar surface area (TPSA) is 20.2 Å². The number of aliphatic hydroxyl groups excluding tert-OH is 1. The van der Waals surface area contributed by atoms with Gasteiger partial charge in [-0.2, -0.15) is 0 Å². The molecule has 0 aliphatic heterocycles. The molecule has 0 aromatic carbocycles. The van der Waals surface area contributed by atoms with Crippen molar-refractivity contribution in [3.63, 3.8) is 0 Å². The van der Waals surface area contributed by atoms with Crippen molar-refractivity contribution in [3.8, 4) is 0 Å². The quantitative estimate of drug-likeness (QED) is 0.584. The van der Waals surface area contributed by atoms with Crippen molar-refractivity contribution in [2.75, 3.05) is 18.3 Å². The van der Waals surface area contributed by atoms with E-state index in [1.807, 2.05) is 12.5 Å². The van der Waals surface area contributed by atoms with Gasteiger partial charge in [-0.25, -0.2) is 8.78 Å². The van der Waals surface area contributed by atoms with E-state index in [0.29, 0.717) is 0 Å². The maximum atomic E-state index is 11.5. The van der Waals surface area contributed by atoms with Crippen LogP contribution in [0.1, 0.15) is 0 Å². The molecule has 0 aromatic rings. The van der Waals surface area contributed by atoms with Crippen LogP contribution < -0.4 is 0 Å². The maximum absolute atomic E-state index is 11.5. The van der Waals surface area contributed by atoms with E-state index in [1.165, 1.54) is 0 Å². The molecule has 1 atom stereocenters. The van der Waals surface area contributed by atoms with Crippen molar-refractivity contribution in [3.05, 3.63) is 0 Å². The summed E-state index contributed by atoms with van der Waals surface area (Å²) in [6.07, 6.45) is -0.261. The summed E-state index contributed by atoms with van der Waals surface area (Å²) < 4.78 is 23.1. The van der Waals surface area contributed by atoms with Crippen LogP contribution in [0.2, 0.25) is 0 Å². The Morgan fingerprint density at radius 2 is 1.89 bits per heavy atom. The summed E-state index contributed by atoms with van der Waals surface area (Å²) in [5, 5.41) is 8.56. The van der Waals surface area contributed by atoms with Gasteiger partial charge >= 0.3 is 0 Å². The molecule has 0 aromatic heterocycles. The summed E-state index contributed by atoms with van der Waals surface area (Å²) in [5.74, 6) is 0.243. The van der Waals surface area contributed by atoms with E-state index in [9.17, 15) is 8.78 Å². The molecule has 0 saturated heterocycles. The Balaban J connectivity index is 3.38. The van der Waals surface area contributed by atoms with Crippen LogP contribution >= 0.6 is 10.9 Å². The van der Waals surface area contributed by atoms with Crippen LogP contribution in [-0.2, 0) is 0 Å². The van der Waals surface area contributed by atoms with Gasteiger partial charge in [-0.15, -0.1) is 0 Å². The first-order valence-electron chi connectivity index (χ1n) is 2.65. The zero-order valence-corrected chi connectivity index (χ0v) is 6.41. The van der Waals surface area contributed by atoms with Crippen LogP contribution in [-0.4, -0.2) is 35.9 Å². The van der Waals surface area contributed by atoms with Crippen LogP contribution in [0, 0.1) is 0 Å². The normalized spacial score (nSPS) is 16.0. The number of aliphatic hydroxyl groups is 1. The number of alkyl halides is 2. The Labute approximate surface area is 56.4 Å². The first-order chi connectivity index (χ1) is 4.04. The van der Waals surface area contributed by atoms with E-state index in [2.05, 4.69) is 0 Å². The fourth-order valence-corrected chi connectivity index (χ4v) is 1.36. The SMILES string of the molecule is C[SH](C)CC(O)C(F)F. The average Bonchev–Trinajstić information content (AvgIpc) is 1.63. The number of hydrogen-bond donors (Lipinski definition) is 2. The molecule has 0 spiro atoms. The lowest BCUT2D eigenvalue weighted by atomic mass is 10.4. The van der Waals surface area contributed by atoms with Gasteiger partial charge in [-0.05, 0) is 12.5 Å². The summed E-state index contributed by atoms with van der Waals surface area (Å²) in [5.41, 5.74) is 0. The molecule has 1 unspecified atom stereocenters. The highest BCUT2D eigenvalue weighted by Gasteiger charge is 2.16. The summed E-state index contributed by atoms with van der Waals surface area (Å²) in [4.78, 5) is 0. The van der Waals surface area contributed by atoms with Crippen molar-refractivity contribution < 1.29 is 13.9 Å². The molecule has 0 aliphatic rings. The summed E-state index contributed by atoms with van der Waals surface area (Å²) in [6.45, 7) is 0. The first-order valence-corrected chi connectivity index (χ1v) is 5.07. The molecule has 0 fully saturated rings. The van der Waals surface area contributed by atoms with Gasteiger partial charge < -0.3 is 5.11 Å². The predicted molar refractivity (Wildman–Crippen MR) is 37.7 cm³/mol. The second-order valence-corrected chi connectivity index (χ2v) is 4.69. The molecular weight excluding hydrogens is 146 g/mol. The molecule has 4 heteroatoms. The van der Waals surface area contributed by atoms with Crippen LogP contribution in [0.3, 0.4) is 0 Å². The minimum atomic E-state index is -2.57. The van der Waals surface area contributed by atoms with E-state index < -0.39 is 23.4 Å². The third-order valence-electron chi connectivity index (χ3n) is 0.843. The zero-order valence-electron chi connectivity index (χ0n) is 5.51. The molecule has 0 saturated carbocycles. The predicted octanol–water partition coefficient (Wildman–Crippen LogP) is 0.873. The lowest BCUT2D eigenvalue weighted by Crippen LogP contribution is -2.21. The molecule has 0 rings (SSSR count). The smallest absolute Gasteiger partial charge is 0.264 e. The van der Waals surface area contributed by atoms with Crippen LogP contribution in [0.4, 0.5) is 8.78 Å². The standard InChI is InChI=1S/C5H12F2OS/c1-9(2)3-4(8)5(6)7/h4-5,8-9H,3H2,1-2H3. The third-order valence-corrected chi connectivity index (χ3v) is 1.95. The fraction of sp³-hybridized carbons (Fsp3) is 1.00. The van der Waals surface area contributed by atoms with Crippen LogP contribution in [0.15, 0.2) is 0 Å². The van der Waals surface area contributed by atoms with Gasteiger partial charge in [-0.3, -0.25) is 10.9 Å². The summed E-state index contributed by atoms with van der Waals surface area (Å²) >= 11 is 0. The van der Waals surface area contributed by atoms with Gasteiger partial charge in [0.2, 0.25) is 0 Å². The highest BCUT2D eigenvalue weighted by Crippen LogP contribution is 2.17. The molecule has 0 radical (unpaired) electrons. The van der Waals surface area contributed by atoms with E-state index in [-0.39, 0.29) is 5.75 Å². The molecule has 0 amide bonds. The minimum absolute atomic E-state index is 0.243. The average molecular weight is 158 g/mol. The molecule has 1 nitrogen and oxygen atoms in total. The Kier molecular flexibility index (Phi) is 4.14. The molecule has 0 bridgehead atoms. The van der Waals surface area contributed by atoms with Gasteiger partial charge in [0.1, 0.15) is 6.10 Å². The van der Waals surface area contributed by atoms with Gasteiger partial charge in [0.25, 0.3) is 6.43 Å². The van der Waals surface area contributed by atoms with Crippen LogP contribution in [0.25, 0.3) is 0 Å². The minimum Gasteiger partial charge on any atom is -0.386 e. The number of rotatable bonds is 3. The fourth-order valence-electron chi connectivity index (χ4n) is 0.454. The largest absolute Gasteiger partial charge is 0.386 e. The van der Waals surface area contributed by atoms with E-state index >= 15 is 0 Å². The van der Waals surface area contributed by atoms with E-state index in [1.54, 1.807) is 0 Å². The highest BCUT2D eigenvalue weighted by atomic mass is 32.2. The zero-order chi connectivity index (χ0) is 7.44. The van der Waals surface area contributed by atoms with Crippen molar-refractivity contribution in [2.45, 2.75) is 12.5 Å². The molecule has 58 valence electrons. The highest BCUT2D eigenvalue weighted by molar-refractivity contribution is 8.15. The number of thiol groups is 1. The van der Waals surface area contributed by atoms with Gasteiger partial charge in [0.15, 0.2) is 0 Å². The summed E-state index contributed by atoms with van der Waals surface area (Å²) in [7, 11) is -0.402. The van der Waals surface area contributed by atoms with Crippen molar-refractivity contribution in [1.82, 2.24) is 0 Å². The molecule has 0 aliphatic carbocycles. The Morgan fingerprint density at radius 3 is 2.00 bits per heavy atom. The monoisotopic (exact) mass is 158 g/mol. The van der Waals surface area contributed by atoms with E-state index in [4.69, 9.17) is 5.11 Å². The van der Waals surface area contributed by atoms with Gasteiger partial charge in [0, 0.05) is 5.75 Å². The van der Waals surface area contributed by atoms with Gasteiger partial charge in [-0.1, -0.05) is 0 Å². The van der Waals surface area contributed by atoms with E-state index in [0.717, 1.165) is 0 Å². The second-order valence-electron chi connectivity index (χ2n) is 2.16. The van der Waals surface area contributed by atoms with Crippen LogP contribution in [0.5, 0.6) is 0 Å². The van der Waals surface area contributed by atoms with Crippen molar-refractivity contribution >= 4 is 10.9 Å². The molecule has 1 N–H and O–H groups in total. The lowest BCUT2D eigenvalue weighted by molar-refractivity contribution is 0.00993. The van der Waals surface area contributed by atoms with Crippen molar-refractivity contribution in [2.24, 2.45) is 0 Å². The maximum Gasteiger partial charge on any atom is 0.264 e. The molecule has 0 heterocycles.